The zero-order valence-corrected chi connectivity index (χ0v) is 10.8. The summed E-state index contributed by atoms with van der Waals surface area (Å²) < 4.78 is 25.3. The lowest BCUT2D eigenvalue weighted by molar-refractivity contribution is -0.118. The molecule has 0 aromatic heterocycles. The third kappa shape index (κ3) is 3.99. The molecule has 94 valence electrons. The monoisotopic (exact) mass is 276 g/mol. The molecule has 17 heavy (non-hydrogen) atoms. The average molecular weight is 277 g/mol. The van der Waals surface area contributed by atoms with Gasteiger partial charge in [-0.3, -0.25) is 4.79 Å². The molecule has 0 spiro atoms. The van der Waals surface area contributed by atoms with Gasteiger partial charge < -0.3 is 5.32 Å². The van der Waals surface area contributed by atoms with Gasteiger partial charge in [0.25, 0.3) is 0 Å². The smallest absolute Gasteiger partial charge is 0.240 e. The predicted molar refractivity (Wildman–Crippen MR) is 65.3 cm³/mol. The van der Waals surface area contributed by atoms with Crippen molar-refractivity contribution < 1.29 is 13.2 Å². The van der Waals surface area contributed by atoms with E-state index in [0.29, 0.717) is 5.56 Å². The molecule has 0 radical (unpaired) electrons. The van der Waals surface area contributed by atoms with Gasteiger partial charge in [-0.05, 0) is 24.7 Å². The second kappa shape index (κ2) is 6.00. The van der Waals surface area contributed by atoms with Gasteiger partial charge in [0, 0.05) is 6.54 Å². The molecule has 0 aliphatic heterocycles. The van der Waals surface area contributed by atoms with Crippen LogP contribution in [0.4, 0.5) is 0 Å². The molecule has 1 rings (SSSR count). The van der Waals surface area contributed by atoms with Gasteiger partial charge in [-0.25, -0.2) is 13.1 Å². The van der Waals surface area contributed by atoms with E-state index in [4.69, 9.17) is 11.6 Å². The summed E-state index contributed by atoms with van der Waals surface area (Å²) >= 11 is 5.33. The number of amides is 1. The van der Waals surface area contributed by atoms with E-state index in [9.17, 15) is 13.2 Å². The highest BCUT2D eigenvalue weighted by Crippen LogP contribution is 2.10. The number of nitrogens with one attached hydrogen (secondary N) is 2. The summed E-state index contributed by atoms with van der Waals surface area (Å²) in [5, 5.41) is 2.56. The van der Waals surface area contributed by atoms with Gasteiger partial charge in [0.2, 0.25) is 15.9 Å². The Labute approximate surface area is 105 Å². The molecule has 0 aliphatic carbocycles. The first-order chi connectivity index (χ1) is 7.99. The lowest BCUT2D eigenvalue weighted by Gasteiger charge is -2.06. The molecule has 0 bridgehead atoms. The van der Waals surface area contributed by atoms with Crippen LogP contribution in [0.25, 0.3) is 0 Å². The molecular weight excluding hydrogens is 264 g/mol. The van der Waals surface area contributed by atoms with E-state index >= 15 is 0 Å². The SMILES string of the molecule is CNS(=O)(=O)c1cccc(CNC(=O)CCl)c1. The highest BCUT2D eigenvalue weighted by atomic mass is 35.5. The van der Waals surface area contributed by atoms with Crippen LogP contribution in [0.15, 0.2) is 29.2 Å². The largest absolute Gasteiger partial charge is 0.351 e. The molecule has 0 aliphatic rings. The molecule has 1 aromatic rings. The van der Waals surface area contributed by atoms with Crippen LogP contribution in [0.2, 0.25) is 0 Å². The number of benzene rings is 1. The predicted octanol–water partition coefficient (Wildman–Crippen LogP) is 0.450. The molecule has 2 N–H and O–H groups in total. The summed E-state index contributed by atoms with van der Waals surface area (Å²) in [6.07, 6.45) is 0. The van der Waals surface area contributed by atoms with Crippen LogP contribution in [-0.4, -0.2) is 27.3 Å². The Balaban J connectivity index is 2.83. The molecule has 0 unspecified atom stereocenters. The number of hydrogen-bond donors (Lipinski definition) is 2. The number of rotatable bonds is 5. The fraction of sp³-hybridized carbons (Fsp3) is 0.300. The summed E-state index contributed by atoms with van der Waals surface area (Å²) in [5.74, 6) is -0.414. The van der Waals surface area contributed by atoms with Gasteiger partial charge in [0.15, 0.2) is 0 Å². The highest BCUT2D eigenvalue weighted by Gasteiger charge is 2.11. The van der Waals surface area contributed by atoms with E-state index in [1.54, 1.807) is 12.1 Å². The number of carbonyl (C=O) groups is 1. The highest BCUT2D eigenvalue weighted by molar-refractivity contribution is 7.89. The van der Waals surface area contributed by atoms with Crippen molar-refractivity contribution in [2.45, 2.75) is 11.4 Å². The fourth-order valence-electron chi connectivity index (χ4n) is 1.19. The van der Waals surface area contributed by atoms with Crippen LogP contribution in [0, 0.1) is 0 Å². The van der Waals surface area contributed by atoms with Crippen molar-refractivity contribution in [2.24, 2.45) is 0 Å². The van der Waals surface area contributed by atoms with Gasteiger partial charge in [0.1, 0.15) is 5.88 Å². The second-order valence-electron chi connectivity index (χ2n) is 3.27. The van der Waals surface area contributed by atoms with Crippen LogP contribution >= 0.6 is 11.6 Å². The Morgan fingerprint density at radius 1 is 1.41 bits per heavy atom. The normalized spacial score (nSPS) is 11.2. The maximum absolute atomic E-state index is 11.5. The van der Waals surface area contributed by atoms with Gasteiger partial charge >= 0.3 is 0 Å². The Hall–Kier alpha value is -1.11. The van der Waals surface area contributed by atoms with Gasteiger partial charge in [-0.15, -0.1) is 11.6 Å². The van der Waals surface area contributed by atoms with Crippen molar-refractivity contribution >= 4 is 27.5 Å². The number of hydrogen-bond acceptors (Lipinski definition) is 3. The molecule has 0 atom stereocenters. The van der Waals surface area contributed by atoms with Crippen molar-refractivity contribution in [2.75, 3.05) is 12.9 Å². The van der Waals surface area contributed by atoms with Crippen LogP contribution in [0.5, 0.6) is 0 Å². The van der Waals surface area contributed by atoms with E-state index in [0.717, 1.165) is 0 Å². The third-order valence-corrected chi connectivity index (χ3v) is 3.74. The third-order valence-electron chi connectivity index (χ3n) is 2.09. The summed E-state index contributed by atoms with van der Waals surface area (Å²) in [6, 6.07) is 6.33. The minimum absolute atomic E-state index is 0.117. The van der Waals surface area contributed by atoms with Crippen molar-refractivity contribution in [3.63, 3.8) is 0 Å². The molecule has 5 nitrogen and oxygen atoms in total. The first kappa shape index (κ1) is 14.0. The fourth-order valence-corrected chi connectivity index (χ4v) is 2.08. The topological polar surface area (TPSA) is 75.3 Å². The Morgan fingerprint density at radius 2 is 2.12 bits per heavy atom. The van der Waals surface area contributed by atoms with Crippen molar-refractivity contribution in [1.29, 1.82) is 0 Å². The number of carbonyl (C=O) groups excluding carboxylic acids is 1. The van der Waals surface area contributed by atoms with E-state index in [1.165, 1.54) is 19.2 Å². The maximum Gasteiger partial charge on any atom is 0.240 e. The van der Waals surface area contributed by atoms with Gasteiger partial charge in [-0.1, -0.05) is 12.1 Å². The standard InChI is InChI=1S/C10H13ClN2O3S/c1-12-17(15,16)9-4-2-3-8(5-9)7-13-10(14)6-11/h2-5,12H,6-7H2,1H3,(H,13,14). The quantitative estimate of drug-likeness (QED) is 0.767. The van der Waals surface area contributed by atoms with Crippen LogP contribution in [0.3, 0.4) is 0 Å². The lowest BCUT2D eigenvalue weighted by Crippen LogP contribution is -2.24. The van der Waals surface area contributed by atoms with E-state index in [-0.39, 0.29) is 23.2 Å². The van der Waals surface area contributed by atoms with Gasteiger partial charge in [-0.2, -0.15) is 0 Å². The van der Waals surface area contributed by atoms with Crippen molar-refractivity contribution in [1.82, 2.24) is 10.0 Å². The van der Waals surface area contributed by atoms with E-state index in [2.05, 4.69) is 10.0 Å². The van der Waals surface area contributed by atoms with E-state index in [1.807, 2.05) is 0 Å². The summed E-state index contributed by atoms with van der Waals surface area (Å²) in [4.78, 5) is 11.1. The molecular formula is C10H13ClN2O3S. The van der Waals surface area contributed by atoms with E-state index < -0.39 is 10.0 Å². The Morgan fingerprint density at radius 3 is 2.71 bits per heavy atom. The number of alkyl halides is 1. The first-order valence-corrected chi connectivity index (χ1v) is 6.86. The van der Waals surface area contributed by atoms with Gasteiger partial charge in [0.05, 0.1) is 4.90 Å². The summed E-state index contributed by atoms with van der Waals surface area (Å²) in [5.41, 5.74) is 0.694. The maximum atomic E-state index is 11.5. The molecule has 0 heterocycles. The molecule has 7 heteroatoms. The summed E-state index contributed by atoms with van der Waals surface area (Å²) in [6.45, 7) is 0.249. The van der Waals surface area contributed by atoms with Crippen molar-refractivity contribution in [3.8, 4) is 0 Å². The molecule has 1 amide bonds. The lowest BCUT2D eigenvalue weighted by atomic mass is 10.2. The second-order valence-corrected chi connectivity index (χ2v) is 5.42. The molecule has 0 saturated carbocycles. The summed E-state index contributed by atoms with van der Waals surface area (Å²) in [7, 11) is -2.11. The van der Waals surface area contributed by atoms with Crippen LogP contribution in [-0.2, 0) is 21.4 Å². The minimum Gasteiger partial charge on any atom is -0.351 e. The zero-order chi connectivity index (χ0) is 12.9. The van der Waals surface area contributed by atoms with Crippen molar-refractivity contribution in [3.05, 3.63) is 29.8 Å². The molecule has 0 saturated heterocycles. The molecule has 0 fully saturated rings. The molecule has 1 aromatic carbocycles. The number of halogens is 1. The average Bonchev–Trinajstić information content (AvgIpc) is 2.36. The van der Waals surface area contributed by atoms with Crippen LogP contribution in [0.1, 0.15) is 5.56 Å². The zero-order valence-electron chi connectivity index (χ0n) is 9.23. The Bertz CT molecular complexity index is 502. The Kier molecular flexibility index (Phi) is 4.92. The van der Waals surface area contributed by atoms with Crippen LogP contribution < -0.4 is 10.0 Å². The minimum atomic E-state index is -3.45. The number of sulfonamides is 1. The first-order valence-electron chi connectivity index (χ1n) is 4.84.